The molecule has 2 fully saturated rings. The average Bonchev–Trinajstić information content (AvgIpc) is 3.63. The fourth-order valence-electron chi connectivity index (χ4n) is 6.83. The van der Waals surface area contributed by atoms with Gasteiger partial charge in [0.2, 0.25) is 0 Å². The fraction of sp³-hybridized carbons (Fsp3) is 0.553. The van der Waals surface area contributed by atoms with Crippen LogP contribution in [0, 0.1) is 12.8 Å². The van der Waals surface area contributed by atoms with Gasteiger partial charge in [-0.3, -0.25) is 4.79 Å². The lowest BCUT2D eigenvalue weighted by molar-refractivity contribution is 0.0427. The quantitative estimate of drug-likeness (QED) is 0.225. The van der Waals surface area contributed by atoms with Gasteiger partial charge in [-0.05, 0) is 136 Å². The molecule has 11 nitrogen and oxygen atoms in total. The van der Waals surface area contributed by atoms with E-state index in [0.717, 1.165) is 54.8 Å². The molecule has 2 saturated heterocycles. The Morgan fingerprint density at radius 3 is 2.20 bits per heavy atom. The summed E-state index contributed by atoms with van der Waals surface area (Å²) in [7, 11) is 2.18. The van der Waals surface area contributed by atoms with Crippen molar-refractivity contribution in [2.45, 2.75) is 104 Å². The predicted octanol–water partition coefficient (Wildman–Crippen LogP) is 8.58. The molecular formula is C38H50N6O5S. The lowest BCUT2D eigenvalue weighted by Crippen LogP contribution is -2.44. The molecule has 50 heavy (non-hydrogen) atoms. The number of hydrogen-bond donors (Lipinski definition) is 1. The third-order valence-electron chi connectivity index (χ3n) is 9.32. The van der Waals surface area contributed by atoms with E-state index in [1.165, 1.54) is 9.71 Å². The smallest absolute Gasteiger partial charge is 0.425 e. The summed E-state index contributed by atoms with van der Waals surface area (Å²) in [6.07, 6.45) is 2.35. The number of thiazole rings is 1. The number of ether oxygens (including phenoxy) is 2. The zero-order valence-corrected chi connectivity index (χ0v) is 31.6. The van der Waals surface area contributed by atoms with Crippen LogP contribution in [-0.4, -0.2) is 80.7 Å². The van der Waals surface area contributed by atoms with Gasteiger partial charge in [0.15, 0.2) is 5.82 Å². The summed E-state index contributed by atoms with van der Waals surface area (Å²) in [6, 6.07) is 9.88. The first-order valence-corrected chi connectivity index (χ1v) is 18.4. The number of fused-ring (bicyclic) bond motifs is 2. The molecule has 268 valence electrons. The first-order chi connectivity index (χ1) is 23.5. The van der Waals surface area contributed by atoms with Gasteiger partial charge in [0.05, 0.1) is 32.3 Å². The monoisotopic (exact) mass is 702 g/mol. The van der Waals surface area contributed by atoms with E-state index in [2.05, 4.69) is 42.1 Å². The van der Waals surface area contributed by atoms with E-state index in [4.69, 9.17) is 19.4 Å². The molecule has 0 radical (unpaired) electrons. The molecule has 2 aliphatic heterocycles. The second-order valence-corrected chi connectivity index (χ2v) is 17.1. The topological polar surface area (TPSA) is 121 Å². The zero-order chi connectivity index (χ0) is 36.1. The number of aromatic nitrogens is 3. The van der Waals surface area contributed by atoms with E-state index in [1.54, 1.807) is 71.9 Å². The minimum atomic E-state index is -0.894. The Kier molecular flexibility index (Phi) is 9.73. The summed E-state index contributed by atoms with van der Waals surface area (Å²) in [5.41, 5.74) is 2.38. The normalized spacial score (nSPS) is 19.6. The molecule has 1 unspecified atom stereocenters. The predicted molar refractivity (Wildman–Crippen MR) is 197 cm³/mol. The number of nitrogens with one attached hydrogen (secondary N) is 1. The van der Waals surface area contributed by atoms with Crippen LogP contribution in [0.1, 0.15) is 113 Å². The van der Waals surface area contributed by atoms with Crippen LogP contribution in [0.15, 0.2) is 30.3 Å². The molecule has 3 amide bonds. The van der Waals surface area contributed by atoms with Gasteiger partial charge in [-0.2, -0.15) is 4.90 Å². The zero-order valence-electron chi connectivity index (χ0n) is 30.8. The minimum Gasteiger partial charge on any atom is -0.443 e. The van der Waals surface area contributed by atoms with Crippen molar-refractivity contribution in [1.29, 1.82) is 0 Å². The minimum absolute atomic E-state index is 0.0830. The van der Waals surface area contributed by atoms with Crippen LogP contribution < -0.4 is 4.90 Å². The standard InChI is InChI=1S/C38H50N6O5S/c1-22-10-12-30(25-11-13-31-28(19-25)41-33(50-31)24-14-16-42(9)17-15-24)43(21-22)34(45)29-20-27-26(39-29)18-23(2)32(40-27)44(35(46)48-37(3,4)5)36(47)49-38(6,7)8/h11,13,18-20,22,24,30,39H,10,12,14-17,21H2,1-9H3/t22-,30?/m0/s1. The van der Waals surface area contributed by atoms with Crippen molar-refractivity contribution in [2.75, 3.05) is 31.6 Å². The number of aromatic amines is 1. The van der Waals surface area contributed by atoms with Crippen molar-refractivity contribution in [2.24, 2.45) is 5.92 Å². The van der Waals surface area contributed by atoms with Gasteiger partial charge in [-0.25, -0.2) is 19.6 Å². The molecule has 2 atom stereocenters. The number of hydrogen-bond acceptors (Lipinski definition) is 9. The number of amides is 3. The number of carbonyl (C=O) groups excluding carboxylic acids is 3. The van der Waals surface area contributed by atoms with Gasteiger partial charge in [-0.15, -0.1) is 11.3 Å². The number of nitrogens with zero attached hydrogens (tertiary/aromatic N) is 5. The van der Waals surface area contributed by atoms with Gasteiger partial charge in [-0.1, -0.05) is 13.0 Å². The van der Waals surface area contributed by atoms with Crippen LogP contribution >= 0.6 is 11.3 Å². The summed E-state index contributed by atoms with van der Waals surface area (Å²) in [6.45, 7) is 17.1. The van der Waals surface area contributed by atoms with Gasteiger partial charge in [0.1, 0.15) is 16.9 Å². The van der Waals surface area contributed by atoms with Gasteiger partial charge in [0, 0.05) is 12.5 Å². The third-order valence-corrected chi connectivity index (χ3v) is 10.5. The van der Waals surface area contributed by atoms with E-state index in [-0.39, 0.29) is 17.8 Å². The number of rotatable bonds is 4. The van der Waals surface area contributed by atoms with Crippen LogP contribution in [0.3, 0.4) is 0 Å². The van der Waals surface area contributed by atoms with Gasteiger partial charge >= 0.3 is 12.2 Å². The Hall–Kier alpha value is -4.03. The van der Waals surface area contributed by atoms with E-state index in [0.29, 0.717) is 40.7 Å². The molecule has 6 rings (SSSR count). The van der Waals surface area contributed by atoms with Crippen LogP contribution in [0.4, 0.5) is 15.4 Å². The number of piperidine rings is 2. The number of carbonyl (C=O) groups is 3. The number of likely N-dealkylation sites (tertiary alicyclic amines) is 2. The molecule has 3 aromatic heterocycles. The maximum absolute atomic E-state index is 14.3. The van der Waals surface area contributed by atoms with Crippen molar-refractivity contribution in [3.63, 3.8) is 0 Å². The van der Waals surface area contributed by atoms with Crippen LogP contribution in [0.25, 0.3) is 21.3 Å². The molecule has 5 heterocycles. The Labute approximate surface area is 298 Å². The Morgan fingerprint density at radius 2 is 1.56 bits per heavy atom. The molecule has 2 aliphatic rings. The number of pyridine rings is 1. The first-order valence-electron chi connectivity index (χ1n) is 17.6. The summed E-state index contributed by atoms with van der Waals surface area (Å²) in [5.74, 6) is 0.808. The lowest BCUT2D eigenvalue weighted by atomic mass is 9.89. The number of aryl methyl sites for hydroxylation is 1. The largest absolute Gasteiger partial charge is 0.443 e. The van der Waals surface area contributed by atoms with Crippen molar-refractivity contribution in [3.05, 3.63) is 52.2 Å². The lowest BCUT2D eigenvalue weighted by Gasteiger charge is -2.38. The second kappa shape index (κ2) is 13.6. The van der Waals surface area contributed by atoms with Crippen molar-refractivity contribution >= 4 is 56.5 Å². The number of imide groups is 1. The first kappa shape index (κ1) is 35.8. The highest BCUT2D eigenvalue weighted by atomic mass is 32.1. The highest BCUT2D eigenvalue weighted by Gasteiger charge is 2.36. The summed E-state index contributed by atoms with van der Waals surface area (Å²) in [5, 5.41) is 1.22. The maximum atomic E-state index is 14.3. The molecule has 1 N–H and O–H groups in total. The summed E-state index contributed by atoms with van der Waals surface area (Å²) in [4.78, 5) is 59.3. The van der Waals surface area contributed by atoms with Crippen molar-refractivity contribution in [1.82, 2.24) is 24.8 Å². The van der Waals surface area contributed by atoms with E-state index < -0.39 is 23.4 Å². The van der Waals surface area contributed by atoms with Crippen LogP contribution in [0.5, 0.6) is 0 Å². The van der Waals surface area contributed by atoms with Gasteiger partial charge in [0.25, 0.3) is 5.91 Å². The number of H-pyrrole nitrogens is 1. The highest BCUT2D eigenvalue weighted by Crippen LogP contribution is 2.39. The third kappa shape index (κ3) is 7.81. The van der Waals surface area contributed by atoms with Crippen LogP contribution in [-0.2, 0) is 9.47 Å². The maximum Gasteiger partial charge on any atom is 0.425 e. The van der Waals surface area contributed by atoms with Crippen molar-refractivity contribution in [3.8, 4) is 0 Å². The average molecular weight is 703 g/mol. The Bertz CT molecular complexity index is 1880. The van der Waals surface area contributed by atoms with Crippen molar-refractivity contribution < 1.29 is 23.9 Å². The SMILES string of the molecule is Cc1cc2[nH]c(C(=O)N3C[C@@H](C)CCC3c3ccc4sc(C5CCN(C)CC5)nc4c3)cc2nc1N(C(=O)OC(C)(C)C)C(=O)OC(C)(C)C. The van der Waals surface area contributed by atoms with E-state index in [1.807, 2.05) is 4.90 Å². The molecule has 1 aromatic carbocycles. The Morgan fingerprint density at radius 1 is 0.900 bits per heavy atom. The van der Waals surface area contributed by atoms with Gasteiger partial charge < -0.3 is 24.3 Å². The highest BCUT2D eigenvalue weighted by molar-refractivity contribution is 7.18. The van der Waals surface area contributed by atoms with Crippen LogP contribution in [0.2, 0.25) is 0 Å². The summed E-state index contributed by atoms with van der Waals surface area (Å²) >= 11 is 1.80. The molecule has 0 saturated carbocycles. The van der Waals surface area contributed by atoms with E-state index in [9.17, 15) is 14.4 Å². The number of anilines is 1. The second-order valence-electron chi connectivity index (χ2n) is 16.1. The molecule has 4 aromatic rings. The van der Waals surface area contributed by atoms with E-state index >= 15 is 0 Å². The number of benzene rings is 1. The molecule has 12 heteroatoms. The molecular weight excluding hydrogens is 653 g/mol. The molecule has 0 aliphatic carbocycles. The summed E-state index contributed by atoms with van der Waals surface area (Å²) < 4.78 is 12.3. The Balaban J connectivity index is 1.30. The molecule has 0 bridgehead atoms. The fourth-order valence-corrected chi connectivity index (χ4v) is 7.94. The molecule has 0 spiro atoms.